The summed E-state index contributed by atoms with van der Waals surface area (Å²) in [7, 11) is 0. The predicted molar refractivity (Wildman–Crippen MR) is 285 cm³/mol. The molecule has 8 rings (SSSR count). The van der Waals surface area contributed by atoms with E-state index in [0.717, 1.165) is 13.8 Å². The minimum absolute atomic E-state index is 0.860. The highest BCUT2D eigenvalue weighted by Crippen LogP contribution is 2.39. The number of aliphatic hydroxyl groups is 22. The molecule has 0 aliphatic carbocycles. The van der Waals surface area contributed by atoms with Crippen molar-refractivity contribution in [1.82, 2.24) is 10.6 Å². The molecular weight excluding hydrogens is 1280 g/mol. The fraction of sp³-hybridized carbons (Fsp3) is 0.962. The van der Waals surface area contributed by atoms with Crippen LogP contribution in [0.3, 0.4) is 0 Å². The van der Waals surface area contributed by atoms with Gasteiger partial charge in [-0.15, -0.1) is 0 Å². The number of rotatable bonds is 22. The van der Waals surface area contributed by atoms with Crippen molar-refractivity contribution in [1.29, 1.82) is 0 Å². The highest BCUT2D eigenvalue weighted by atomic mass is 16.8. The van der Waals surface area contributed by atoms with E-state index in [1.54, 1.807) is 0 Å². The summed E-state index contributed by atoms with van der Waals surface area (Å²) in [6.45, 7) is -1.81. The number of carbonyl (C=O) groups excluding carboxylic acids is 2. The van der Waals surface area contributed by atoms with Crippen molar-refractivity contribution in [2.45, 2.75) is 273 Å². The van der Waals surface area contributed by atoms with E-state index in [9.17, 15) is 122 Å². The van der Waals surface area contributed by atoms with Gasteiger partial charge in [0.15, 0.2) is 50.3 Å². The second kappa shape index (κ2) is 32.6. The van der Waals surface area contributed by atoms with E-state index in [1.165, 1.54) is 13.8 Å². The minimum atomic E-state index is -2.42. The van der Waals surface area contributed by atoms with Crippen molar-refractivity contribution >= 4 is 11.8 Å². The van der Waals surface area contributed by atoms with Crippen molar-refractivity contribution in [3.8, 4) is 0 Å². The van der Waals surface area contributed by atoms with Crippen molar-refractivity contribution < 1.29 is 193 Å². The summed E-state index contributed by atoms with van der Waals surface area (Å²) >= 11 is 0. The maximum absolute atomic E-state index is 13.5. The first-order chi connectivity index (χ1) is 43.9. The molecule has 0 bridgehead atoms. The van der Waals surface area contributed by atoms with Gasteiger partial charge in [-0.2, -0.15) is 0 Å². The molecular formula is C52H88N2O39. The molecule has 0 saturated carbocycles. The SMILES string of the molecule is CC(=O)N[C@H]1[C@H](OC[C@H]2O[C@@H](O[C@H]3[C@H](O)[C@@H](O)[C@H](O)O[C@@H]3CO)[C@H](O)[C@@H](O[C@@H]3O[C@H](CO)[C@@H](O[C@H]4O[C@H](C)[C@H](O)[C@H](O)[C@H]4O)[C@H](O[C@@H]4O[C@H](CO)[C@H](O)[C@H](O)[C@H]4O[C@H]4O[C@H](C)[C@H](O)[C@H](O)[C@H]4O)[C@H]3NC(C)=O)[C@H]2O)O[C@H](CO)[C@@H](O[C@@H]2O[C@H](CO)[C@H](O)[C@H](O)[C@H]2O)[C@@H]1O. The highest BCUT2D eigenvalue weighted by Gasteiger charge is 2.60. The third-order valence-corrected chi connectivity index (χ3v) is 17.4. The van der Waals surface area contributed by atoms with Crippen LogP contribution in [0, 0.1) is 0 Å². The average molecular weight is 1370 g/mol. The molecule has 0 aromatic rings. The fourth-order valence-corrected chi connectivity index (χ4v) is 12.1. The molecule has 0 unspecified atom stereocenters. The number of hydrogen-bond acceptors (Lipinski definition) is 39. The molecule has 40 atom stereocenters. The number of hydrogen-bond donors (Lipinski definition) is 24. The topological polar surface area (TPSA) is 642 Å². The van der Waals surface area contributed by atoms with Gasteiger partial charge in [0.2, 0.25) is 11.8 Å². The van der Waals surface area contributed by atoms with Gasteiger partial charge in [-0.3, -0.25) is 9.59 Å². The van der Waals surface area contributed by atoms with E-state index in [2.05, 4.69) is 10.6 Å². The second-order valence-corrected chi connectivity index (χ2v) is 23.9. The lowest BCUT2D eigenvalue weighted by molar-refractivity contribution is -0.401. The molecule has 24 N–H and O–H groups in total. The Morgan fingerprint density at radius 3 is 1.19 bits per heavy atom. The van der Waals surface area contributed by atoms with Gasteiger partial charge in [0.05, 0.1) is 51.8 Å². The first kappa shape index (κ1) is 76.2. The summed E-state index contributed by atoms with van der Waals surface area (Å²) in [5.74, 6) is -1.86. The van der Waals surface area contributed by atoms with Crippen LogP contribution in [-0.4, -0.2) is 409 Å². The molecule has 0 aromatic carbocycles. The standard InChI is InChI=1S/C52H88N2O39/c1-11-23(62)29(68)35(74)48(80-11)90-41-19(9-59)86-47(22(54-14(4)61)42(41)91-52-44(32(71)26(65)16(6-56)84-52)93-49-36(75)30(69)24(63)12(2)81-49)92-43-27(66)20(87-51(38(43)77)89-40-17(7-57)82-45(78)34(73)33(40)72)10-79-46-21(53-13(3)60)28(67)39(18(8-58)85-46)88-50-37(76)31(70)25(64)15(5-55)83-50/h11-12,15-52,55-59,62-78H,5-10H2,1-4H3,(H,53,60)(H,54,61)/t11-,12-,15-,16-,17-,18-,19-,20-,21-,22-,23+,24+,25+,26+,27+,28-,29+,30+,31+,32+,33-,34-,35-,36-,37-,38-,39-,40-,41-,42-,43+,44-,45-,46-,47+,48-,49-,50+,51+,52+/m1/s1. The molecule has 41 heteroatoms. The van der Waals surface area contributed by atoms with Crippen LogP contribution >= 0.6 is 0 Å². The third kappa shape index (κ3) is 16.4. The normalized spacial score (nSPS) is 51.6. The van der Waals surface area contributed by atoms with E-state index in [4.69, 9.17) is 71.1 Å². The third-order valence-electron chi connectivity index (χ3n) is 17.4. The molecule has 8 heterocycles. The van der Waals surface area contributed by atoms with Gasteiger partial charge in [-0.1, -0.05) is 0 Å². The Kier molecular flexibility index (Phi) is 26.7. The molecule has 93 heavy (non-hydrogen) atoms. The Morgan fingerprint density at radius 2 is 0.667 bits per heavy atom. The van der Waals surface area contributed by atoms with Gasteiger partial charge in [0.25, 0.3) is 0 Å². The Bertz CT molecular complexity index is 2350. The number of aliphatic hydroxyl groups excluding tert-OH is 22. The van der Waals surface area contributed by atoms with Crippen LogP contribution in [0.1, 0.15) is 27.7 Å². The summed E-state index contributed by atoms with van der Waals surface area (Å²) in [5, 5.41) is 245. The Balaban J connectivity index is 1.16. The maximum Gasteiger partial charge on any atom is 0.217 e. The Labute approximate surface area is 527 Å². The zero-order valence-electron chi connectivity index (χ0n) is 50.1. The summed E-state index contributed by atoms with van der Waals surface area (Å²) in [6, 6.07) is -3.80. The smallest absolute Gasteiger partial charge is 0.217 e. The molecule has 2 amide bonds. The molecule has 0 radical (unpaired) electrons. The monoisotopic (exact) mass is 1360 g/mol. The lowest BCUT2D eigenvalue weighted by Gasteiger charge is -2.52. The van der Waals surface area contributed by atoms with Crippen molar-refractivity contribution in [3.63, 3.8) is 0 Å². The first-order valence-corrected chi connectivity index (χ1v) is 29.9. The molecule has 8 aliphatic rings. The summed E-state index contributed by atoms with van der Waals surface area (Å²) in [4.78, 5) is 26.2. The van der Waals surface area contributed by atoms with E-state index < -0.39 is 297 Å². The van der Waals surface area contributed by atoms with E-state index in [1.807, 2.05) is 0 Å². The predicted octanol–water partition coefficient (Wildman–Crippen LogP) is -16.1. The lowest BCUT2D eigenvalue weighted by Crippen LogP contribution is -2.71. The van der Waals surface area contributed by atoms with Crippen molar-refractivity contribution in [3.05, 3.63) is 0 Å². The van der Waals surface area contributed by atoms with E-state index in [-0.39, 0.29) is 0 Å². The average Bonchev–Trinajstić information content (AvgIpc) is 0.773. The van der Waals surface area contributed by atoms with E-state index >= 15 is 0 Å². The van der Waals surface area contributed by atoms with E-state index in [0.29, 0.717) is 0 Å². The van der Waals surface area contributed by atoms with Crippen molar-refractivity contribution in [2.24, 2.45) is 0 Å². The van der Waals surface area contributed by atoms with Gasteiger partial charge in [-0.25, -0.2) is 0 Å². The van der Waals surface area contributed by atoms with Gasteiger partial charge in [-0.05, 0) is 13.8 Å². The second-order valence-electron chi connectivity index (χ2n) is 23.9. The number of carbonyl (C=O) groups is 2. The summed E-state index contributed by atoms with van der Waals surface area (Å²) < 4.78 is 88.7. The highest BCUT2D eigenvalue weighted by molar-refractivity contribution is 5.73. The molecule has 0 spiro atoms. The van der Waals surface area contributed by atoms with Crippen LogP contribution in [0.4, 0.5) is 0 Å². The van der Waals surface area contributed by atoms with Gasteiger partial charge in [0.1, 0.15) is 183 Å². The maximum atomic E-state index is 13.5. The van der Waals surface area contributed by atoms with Crippen LogP contribution in [-0.2, 0) is 80.6 Å². The minimum Gasteiger partial charge on any atom is -0.394 e. The lowest BCUT2D eigenvalue weighted by atomic mass is 9.93. The van der Waals surface area contributed by atoms with Crippen LogP contribution in [0.5, 0.6) is 0 Å². The van der Waals surface area contributed by atoms with Gasteiger partial charge in [0, 0.05) is 13.8 Å². The fourth-order valence-electron chi connectivity index (χ4n) is 12.1. The van der Waals surface area contributed by atoms with Crippen molar-refractivity contribution in [2.75, 3.05) is 39.6 Å². The zero-order chi connectivity index (χ0) is 68.5. The largest absolute Gasteiger partial charge is 0.394 e. The molecule has 8 saturated heterocycles. The van der Waals surface area contributed by atoms with Crippen LogP contribution in [0.2, 0.25) is 0 Å². The van der Waals surface area contributed by atoms with Crippen LogP contribution in [0.25, 0.3) is 0 Å². The Morgan fingerprint density at radius 1 is 0.301 bits per heavy atom. The summed E-state index contributed by atoms with van der Waals surface area (Å²) in [6.07, 6.45) is -75.0. The first-order valence-electron chi connectivity index (χ1n) is 29.9. The van der Waals surface area contributed by atoms with Gasteiger partial charge < -0.3 is 194 Å². The number of nitrogens with one attached hydrogen (secondary N) is 2. The van der Waals surface area contributed by atoms with Gasteiger partial charge >= 0.3 is 0 Å². The van der Waals surface area contributed by atoms with Crippen LogP contribution in [0.15, 0.2) is 0 Å². The zero-order valence-corrected chi connectivity index (χ0v) is 50.1. The molecule has 41 nitrogen and oxygen atoms in total. The number of ether oxygens (including phenoxy) is 15. The molecule has 8 fully saturated rings. The Hall–Kier alpha value is -2.54. The molecule has 540 valence electrons. The molecule has 0 aromatic heterocycles. The molecule has 8 aliphatic heterocycles. The number of amides is 2. The van der Waals surface area contributed by atoms with Crippen LogP contribution < -0.4 is 10.6 Å². The quantitative estimate of drug-likeness (QED) is 0.0479. The summed E-state index contributed by atoms with van der Waals surface area (Å²) in [5.41, 5.74) is 0.